The molecule has 1 atom stereocenters. The molecule has 0 saturated heterocycles. The van der Waals surface area contributed by atoms with E-state index in [9.17, 15) is 0 Å². The van der Waals surface area contributed by atoms with Gasteiger partial charge in [0.05, 0.1) is 6.04 Å². The zero-order valence-electron chi connectivity index (χ0n) is 11.0. The summed E-state index contributed by atoms with van der Waals surface area (Å²) in [6, 6.07) is 10.9. The van der Waals surface area contributed by atoms with Crippen molar-refractivity contribution in [2.75, 3.05) is 6.54 Å². The van der Waals surface area contributed by atoms with Gasteiger partial charge in [0.2, 0.25) is 0 Å². The summed E-state index contributed by atoms with van der Waals surface area (Å²) in [4.78, 5) is 2.68. The summed E-state index contributed by atoms with van der Waals surface area (Å²) in [6.45, 7) is 7.24. The molecule has 0 saturated carbocycles. The summed E-state index contributed by atoms with van der Waals surface area (Å²) in [5.41, 5.74) is 2.35. The smallest absolute Gasteiger partial charge is 0.0671 e. The second kappa shape index (κ2) is 5.87. The lowest BCUT2D eigenvalue weighted by Crippen LogP contribution is -2.21. The third-order valence-corrected chi connectivity index (χ3v) is 4.46. The normalized spacial score (nSPS) is 12.7. The van der Waals surface area contributed by atoms with Crippen LogP contribution in [0.1, 0.15) is 33.8 Å². The van der Waals surface area contributed by atoms with Gasteiger partial charge in [-0.3, -0.25) is 0 Å². The van der Waals surface area contributed by atoms with E-state index in [2.05, 4.69) is 49.5 Å². The SMILES string of the molecule is CCNC(c1ccc(C)c(Cl)c1)c1ccc(C)s1. The van der Waals surface area contributed by atoms with Crippen LogP contribution in [0.5, 0.6) is 0 Å². The van der Waals surface area contributed by atoms with Crippen molar-refractivity contribution < 1.29 is 0 Å². The number of halogens is 1. The molecule has 0 radical (unpaired) electrons. The Morgan fingerprint density at radius 3 is 2.56 bits per heavy atom. The van der Waals surface area contributed by atoms with Gasteiger partial charge < -0.3 is 5.32 Å². The zero-order valence-corrected chi connectivity index (χ0v) is 12.5. The Kier molecular flexibility index (Phi) is 4.44. The molecular weight excluding hydrogens is 262 g/mol. The predicted octanol–water partition coefficient (Wildman–Crippen LogP) is 4.72. The molecule has 1 aromatic carbocycles. The molecule has 0 spiro atoms. The molecule has 1 aromatic heterocycles. The van der Waals surface area contributed by atoms with Crippen LogP contribution in [-0.2, 0) is 0 Å². The van der Waals surface area contributed by atoms with E-state index < -0.39 is 0 Å². The van der Waals surface area contributed by atoms with Gasteiger partial charge in [-0.2, -0.15) is 0 Å². The van der Waals surface area contributed by atoms with Crippen molar-refractivity contribution in [3.05, 3.63) is 56.2 Å². The van der Waals surface area contributed by atoms with E-state index in [1.54, 1.807) is 0 Å². The first-order chi connectivity index (χ1) is 8.61. The summed E-state index contributed by atoms with van der Waals surface area (Å²) in [6.07, 6.45) is 0. The van der Waals surface area contributed by atoms with E-state index in [4.69, 9.17) is 11.6 Å². The zero-order chi connectivity index (χ0) is 13.1. The maximum absolute atomic E-state index is 6.23. The fourth-order valence-corrected chi connectivity index (χ4v) is 3.15. The summed E-state index contributed by atoms with van der Waals surface area (Å²) in [5, 5.41) is 4.36. The summed E-state index contributed by atoms with van der Waals surface area (Å²) >= 11 is 8.06. The fourth-order valence-electron chi connectivity index (χ4n) is 1.98. The second-order valence-electron chi connectivity index (χ2n) is 4.45. The molecule has 1 unspecified atom stereocenters. The first-order valence-corrected chi connectivity index (χ1v) is 7.37. The van der Waals surface area contributed by atoms with E-state index in [1.165, 1.54) is 15.3 Å². The molecule has 2 rings (SSSR count). The fraction of sp³-hybridized carbons (Fsp3) is 0.333. The average Bonchev–Trinajstić information content (AvgIpc) is 2.76. The number of hydrogen-bond acceptors (Lipinski definition) is 2. The van der Waals surface area contributed by atoms with Gasteiger partial charge in [0.1, 0.15) is 0 Å². The summed E-state index contributed by atoms with van der Waals surface area (Å²) in [7, 11) is 0. The van der Waals surface area contributed by atoms with Crippen LogP contribution >= 0.6 is 22.9 Å². The van der Waals surface area contributed by atoms with Crippen molar-refractivity contribution in [1.29, 1.82) is 0 Å². The molecular formula is C15H18ClNS. The van der Waals surface area contributed by atoms with Crippen LogP contribution in [0.2, 0.25) is 5.02 Å². The highest BCUT2D eigenvalue weighted by Crippen LogP contribution is 2.30. The van der Waals surface area contributed by atoms with Gasteiger partial charge in [0, 0.05) is 14.8 Å². The van der Waals surface area contributed by atoms with Crippen molar-refractivity contribution in [2.24, 2.45) is 0 Å². The minimum atomic E-state index is 0.242. The van der Waals surface area contributed by atoms with E-state index in [0.717, 1.165) is 17.1 Å². The van der Waals surface area contributed by atoms with Crippen molar-refractivity contribution in [2.45, 2.75) is 26.8 Å². The lowest BCUT2D eigenvalue weighted by atomic mass is 10.0. The third kappa shape index (κ3) is 2.94. The molecule has 1 nitrogen and oxygen atoms in total. The molecule has 18 heavy (non-hydrogen) atoms. The molecule has 1 heterocycles. The Hall–Kier alpha value is -0.830. The molecule has 0 aliphatic carbocycles. The Morgan fingerprint density at radius 2 is 2.00 bits per heavy atom. The monoisotopic (exact) mass is 279 g/mol. The van der Waals surface area contributed by atoms with Crippen molar-refractivity contribution in [3.63, 3.8) is 0 Å². The maximum atomic E-state index is 6.23. The molecule has 0 amide bonds. The third-order valence-electron chi connectivity index (χ3n) is 2.98. The first kappa shape index (κ1) is 13.6. The van der Waals surface area contributed by atoms with Crippen molar-refractivity contribution in [1.82, 2.24) is 5.32 Å². The largest absolute Gasteiger partial charge is 0.306 e. The number of nitrogens with one attached hydrogen (secondary N) is 1. The average molecular weight is 280 g/mol. The second-order valence-corrected chi connectivity index (χ2v) is 6.17. The van der Waals surface area contributed by atoms with E-state index in [0.29, 0.717) is 0 Å². The summed E-state index contributed by atoms with van der Waals surface area (Å²) in [5.74, 6) is 0. The lowest BCUT2D eigenvalue weighted by molar-refractivity contribution is 0.639. The van der Waals surface area contributed by atoms with E-state index >= 15 is 0 Å². The minimum Gasteiger partial charge on any atom is -0.306 e. The number of benzene rings is 1. The maximum Gasteiger partial charge on any atom is 0.0671 e. The highest BCUT2D eigenvalue weighted by Gasteiger charge is 2.15. The van der Waals surface area contributed by atoms with Crippen LogP contribution in [0, 0.1) is 13.8 Å². The molecule has 1 N–H and O–H groups in total. The quantitative estimate of drug-likeness (QED) is 0.854. The molecule has 3 heteroatoms. The Labute approximate surface area is 118 Å². The van der Waals surface area contributed by atoms with Gasteiger partial charge in [-0.25, -0.2) is 0 Å². The lowest BCUT2D eigenvalue weighted by Gasteiger charge is -2.17. The van der Waals surface area contributed by atoms with Gasteiger partial charge in [-0.05, 0) is 49.7 Å². The molecule has 2 aromatic rings. The molecule has 0 aliphatic heterocycles. The van der Waals surface area contributed by atoms with Gasteiger partial charge in [0.15, 0.2) is 0 Å². The first-order valence-electron chi connectivity index (χ1n) is 6.17. The number of thiophene rings is 1. The van der Waals surface area contributed by atoms with E-state index in [-0.39, 0.29) is 6.04 Å². The van der Waals surface area contributed by atoms with Crippen molar-refractivity contribution >= 4 is 22.9 Å². The van der Waals surface area contributed by atoms with Crippen molar-refractivity contribution in [3.8, 4) is 0 Å². The van der Waals surface area contributed by atoms with Crippen LogP contribution in [0.25, 0.3) is 0 Å². The molecule has 96 valence electrons. The number of aryl methyl sites for hydroxylation is 2. The Bertz CT molecular complexity index is 533. The number of hydrogen-bond donors (Lipinski definition) is 1. The number of rotatable bonds is 4. The highest BCUT2D eigenvalue weighted by atomic mass is 35.5. The van der Waals surface area contributed by atoms with Gasteiger partial charge in [-0.15, -0.1) is 11.3 Å². The van der Waals surface area contributed by atoms with Crippen LogP contribution in [0.15, 0.2) is 30.3 Å². The standard InChI is InChI=1S/C15H18ClNS/c1-4-17-15(14-8-6-11(3)18-14)12-7-5-10(2)13(16)9-12/h5-9,15,17H,4H2,1-3H3. The van der Waals surface area contributed by atoms with Gasteiger partial charge >= 0.3 is 0 Å². The summed E-state index contributed by atoms with van der Waals surface area (Å²) < 4.78 is 0. The topological polar surface area (TPSA) is 12.0 Å². The van der Waals surface area contributed by atoms with Crippen LogP contribution in [0.3, 0.4) is 0 Å². The van der Waals surface area contributed by atoms with Crippen LogP contribution < -0.4 is 5.32 Å². The molecule has 0 fully saturated rings. The van der Waals surface area contributed by atoms with E-state index in [1.807, 2.05) is 18.3 Å². The van der Waals surface area contributed by atoms with Gasteiger partial charge in [-0.1, -0.05) is 30.7 Å². The predicted molar refractivity (Wildman–Crippen MR) is 80.8 cm³/mol. The van der Waals surface area contributed by atoms with Gasteiger partial charge in [0.25, 0.3) is 0 Å². The molecule has 0 aliphatic rings. The Balaban J connectivity index is 2.37. The minimum absolute atomic E-state index is 0.242. The van der Waals surface area contributed by atoms with Crippen LogP contribution in [-0.4, -0.2) is 6.54 Å². The highest BCUT2D eigenvalue weighted by molar-refractivity contribution is 7.12. The Morgan fingerprint density at radius 1 is 1.22 bits per heavy atom. The molecule has 0 bridgehead atoms. The van der Waals surface area contributed by atoms with Crippen LogP contribution in [0.4, 0.5) is 0 Å².